The Balaban J connectivity index is 0.908. The molecule has 1 saturated carbocycles. The first-order valence-electron chi connectivity index (χ1n) is 29.6. The minimum Gasteiger partial charge on any atom is -0.445 e. The number of hydrogen-bond donors (Lipinski definition) is 10. The number of halogens is 1. The van der Waals surface area contributed by atoms with Crippen LogP contribution in [0.15, 0.2) is 91.3 Å². The van der Waals surface area contributed by atoms with E-state index in [2.05, 4.69) is 51.9 Å². The van der Waals surface area contributed by atoms with E-state index >= 15 is 4.39 Å². The van der Waals surface area contributed by atoms with E-state index in [1.165, 1.54) is 12.1 Å². The zero-order valence-electron chi connectivity index (χ0n) is 50.7. The molecule has 5 atom stereocenters. The number of piperazine rings is 1. The van der Waals surface area contributed by atoms with Gasteiger partial charge in [-0.15, -0.1) is 0 Å². The quantitative estimate of drug-likeness (QED) is 0.0174. The Kier molecular flexibility index (Phi) is 29.2. The number of nitrogens with two attached hydrogens (primary N) is 2. The smallest absolute Gasteiger partial charge is 0.410 e. The number of aromatic nitrogens is 1. The molecule has 1 saturated heterocycles. The van der Waals surface area contributed by atoms with Crippen molar-refractivity contribution in [3.63, 3.8) is 0 Å². The van der Waals surface area contributed by atoms with Crippen molar-refractivity contribution in [2.75, 3.05) is 113 Å². The Morgan fingerprint density at radius 3 is 1.99 bits per heavy atom. The average molecular weight is 1290 g/mol. The lowest BCUT2D eigenvalue weighted by Gasteiger charge is -2.35. The van der Waals surface area contributed by atoms with E-state index < -0.39 is 87.4 Å². The van der Waals surface area contributed by atoms with Gasteiger partial charge in [0.15, 0.2) is 0 Å². The fourth-order valence-electron chi connectivity index (χ4n) is 9.38. The number of ether oxygens (including phenoxy) is 5. The number of benzene rings is 3. The van der Waals surface area contributed by atoms with E-state index in [4.69, 9.17) is 35.3 Å². The van der Waals surface area contributed by atoms with Crippen LogP contribution in [-0.4, -0.2) is 186 Å². The molecule has 0 bridgehead atoms. The van der Waals surface area contributed by atoms with Gasteiger partial charge in [0.25, 0.3) is 16.0 Å². The Morgan fingerprint density at radius 2 is 1.38 bits per heavy atom. The van der Waals surface area contributed by atoms with Gasteiger partial charge in [-0.2, -0.15) is 8.42 Å². The van der Waals surface area contributed by atoms with E-state index in [9.17, 15) is 51.3 Å². The van der Waals surface area contributed by atoms with Gasteiger partial charge >= 0.3 is 12.1 Å². The van der Waals surface area contributed by atoms with Gasteiger partial charge in [0.2, 0.25) is 29.5 Å². The summed E-state index contributed by atoms with van der Waals surface area (Å²) in [5.41, 5.74) is 8.86. The highest BCUT2D eigenvalue weighted by Gasteiger charge is 2.44. The third-order valence-electron chi connectivity index (χ3n) is 14.4. The highest BCUT2D eigenvalue weighted by Crippen LogP contribution is 2.47. The SMILES string of the molecule is CC(C)[C@H](NC(=O)[C@H](CS(=O)(=O)O)NC(=O)CCOCCOCCOCCOCCON)C(=O)N[C@@H](CCCNC(N)=O)C(=O)Nc1ccc(COC(=O)N2CCN(c3ccc(C(=O)NCc4ccc(NC(=O)[C@H]5C[C@@H]5c5cccnc5)cc4F)cc3)CC2)cc1. The molecule has 1 aliphatic carbocycles. The van der Waals surface area contributed by atoms with Crippen molar-refractivity contribution in [2.45, 2.75) is 76.7 Å². The molecule has 9 amide bonds. The minimum absolute atomic E-state index is 0.0280. The van der Waals surface area contributed by atoms with Gasteiger partial charge in [-0.1, -0.05) is 38.1 Å². The molecule has 91 heavy (non-hydrogen) atoms. The predicted molar refractivity (Wildman–Crippen MR) is 329 cm³/mol. The van der Waals surface area contributed by atoms with E-state index in [1.807, 2.05) is 12.1 Å². The van der Waals surface area contributed by atoms with E-state index in [1.54, 1.807) is 85.7 Å². The van der Waals surface area contributed by atoms with Crippen LogP contribution in [-0.2, 0) is 75.8 Å². The summed E-state index contributed by atoms with van der Waals surface area (Å²) in [4.78, 5) is 117. The molecule has 0 spiro atoms. The van der Waals surface area contributed by atoms with Crippen LogP contribution in [0.2, 0.25) is 0 Å². The number of rotatable bonds is 38. The maximum atomic E-state index is 15.1. The van der Waals surface area contributed by atoms with Gasteiger partial charge in [-0.05, 0) is 96.8 Å². The van der Waals surface area contributed by atoms with E-state index in [-0.39, 0.29) is 95.3 Å². The minimum atomic E-state index is -4.85. The molecule has 1 aliphatic heterocycles. The molecule has 2 heterocycles. The number of hydrogen-bond acceptors (Lipinski definition) is 19. The standard InChI is InChI=1S/C60H81FN12O17S/c1-39(2)53(71-57(78)51(38-91(82,83)84)69-52(74)17-24-85-25-26-86-27-28-87-29-30-88-31-32-90-63)58(79)70-50(6-4-19-65-59(62)80)56(77)67-44-12-7-40(8-13-44)37-89-60(81)73-22-20-72(21-23-73)46-15-10-41(11-16-46)54(75)66-36-43-9-14-45(33-49(43)61)68-55(76)48-34-47(48)42-5-3-18-64-35-42/h3,5,7-16,18,33,35,39,47-48,50-51,53H,4,6,17,19-32,34,36-38,63H2,1-2H3,(H,66,75)(H,67,77)(H,68,76)(H,69,74)(H,70,79)(H,71,78)(H3,62,65,80)(H,82,83,84)/t47-,48+,50+,51+,53+/m1/s1. The van der Waals surface area contributed by atoms with Crippen LogP contribution in [0.5, 0.6) is 0 Å². The summed E-state index contributed by atoms with van der Waals surface area (Å²) in [7, 11) is -4.85. The first-order chi connectivity index (χ1) is 43.7. The topological polar surface area (TPSA) is 402 Å². The third-order valence-corrected chi connectivity index (χ3v) is 15.2. The second-order valence-corrected chi connectivity index (χ2v) is 23.1. The molecule has 2 fully saturated rings. The number of nitrogens with one attached hydrogen (secondary N) is 7. The Morgan fingerprint density at radius 1 is 0.736 bits per heavy atom. The summed E-state index contributed by atoms with van der Waals surface area (Å²) in [6, 6.07) is 16.1. The van der Waals surface area contributed by atoms with Crippen molar-refractivity contribution in [1.29, 1.82) is 0 Å². The van der Waals surface area contributed by atoms with Gasteiger partial charge in [0, 0.05) is 92.2 Å². The summed E-state index contributed by atoms with van der Waals surface area (Å²) in [6.07, 6.45) is 3.40. The molecular formula is C60H81FN12O17S. The number of pyridine rings is 1. The second kappa shape index (κ2) is 37.0. The van der Waals surface area contributed by atoms with Crippen LogP contribution >= 0.6 is 0 Å². The maximum absolute atomic E-state index is 15.1. The van der Waals surface area contributed by atoms with E-state index in [0.717, 1.165) is 11.3 Å². The van der Waals surface area contributed by atoms with Crippen LogP contribution in [0.3, 0.4) is 0 Å². The molecule has 1 aromatic heterocycles. The van der Waals surface area contributed by atoms with Crippen LogP contribution in [0, 0.1) is 17.7 Å². The number of primary amides is 1. The van der Waals surface area contributed by atoms with Gasteiger partial charge in [-0.25, -0.2) is 19.9 Å². The largest absolute Gasteiger partial charge is 0.445 e. The number of nitrogens with zero attached hydrogens (tertiary/aromatic N) is 3. The van der Waals surface area contributed by atoms with Gasteiger partial charge in [0.1, 0.15) is 36.3 Å². The normalized spacial score (nSPS) is 15.5. The summed E-state index contributed by atoms with van der Waals surface area (Å²) in [5, 5.41) is 18.0. The molecule has 3 aromatic carbocycles. The molecule has 0 radical (unpaired) electrons. The first kappa shape index (κ1) is 71.6. The molecule has 31 heteroatoms. The maximum Gasteiger partial charge on any atom is 0.410 e. The highest BCUT2D eigenvalue weighted by atomic mass is 32.2. The monoisotopic (exact) mass is 1290 g/mol. The Hall–Kier alpha value is -8.43. The Labute approximate surface area is 526 Å². The number of carbonyl (C=O) groups is 8. The van der Waals surface area contributed by atoms with Crippen LogP contribution in [0.4, 0.5) is 31.0 Å². The number of amides is 9. The average Bonchev–Trinajstić information content (AvgIpc) is 1.78. The number of carbonyl (C=O) groups excluding carboxylic acids is 8. The van der Waals surface area contributed by atoms with Crippen molar-refractivity contribution in [1.82, 2.24) is 36.5 Å². The van der Waals surface area contributed by atoms with Crippen molar-refractivity contribution < 1.29 is 84.2 Å². The van der Waals surface area contributed by atoms with Crippen molar-refractivity contribution in [3.05, 3.63) is 119 Å². The summed E-state index contributed by atoms with van der Waals surface area (Å²) >= 11 is 0. The summed E-state index contributed by atoms with van der Waals surface area (Å²) in [5.74, 6) is -1.72. The first-order valence-corrected chi connectivity index (χ1v) is 31.2. The third kappa shape index (κ3) is 25.4. The zero-order chi connectivity index (χ0) is 65.7. The summed E-state index contributed by atoms with van der Waals surface area (Å²) < 4.78 is 75.7. The predicted octanol–water partition coefficient (Wildman–Crippen LogP) is 2.08. The lowest BCUT2D eigenvalue weighted by molar-refractivity contribution is -0.133. The van der Waals surface area contributed by atoms with Crippen LogP contribution < -0.4 is 53.7 Å². The van der Waals surface area contributed by atoms with Gasteiger partial charge in [0.05, 0.1) is 59.5 Å². The molecular weight excluding hydrogens is 1210 g/mol. The fourth-order valence-corrected chi connectivity index (χ4v) is 10.0. The molecule has 0 unspecified atom stereocenters. The zero-order valence-corrected chi connectivity index (χ0v) is 51.6. The molecule has 12 N–H and O–H groups in total. The number of urea groups is 1. The van der Waals surface area contributed by atoms with Crippen molar-refractivity contribution >= 4 is 74.7 Å². The van der Waals surface area contributed by atoms with Crippen LogP contribution in [0.1, 0.15) is 72.5 Å². The summed E-state index contributed by atoms with van der Waals surface area (Å²) in [6.45, 7) is 6.67. The van der Waals surface area contributed by atoms with Crippen molar-refractivity contribution in [3.8, 4) is 0 Å². The molecule has 4 aromatic rings. The lowest BCUT2D eigenvalue weighted by atomic mass is 10.0. The lowest BCUT2D eigenvalue weighted by Crippen LogP contribution is -2.59. The van der Waals surface area contributed by atoms with Gasteiger partial charge in [-0.3, -0.25) is 38.3 Å². The second-order valence-electron chi connectivity index (χ2n) is 21.6. The highest BCUT2D eigenvalue weighted by molar-refractivity contribution is 7.85. The van der Waals surface area contributed by atoms with Crippen molar-refractivity contribution in [2.24, 2.45) is 23.5 Å². The molecule has 496 valence electrons. The van der Waals surface area contributed by atoms with Crippen LogP contribution in [0.25, 0.3) is 0 Å². The molecule has 29 nitrogen and oxygen atoms in total. The fraction of sp³-hybridized carbons (Fsp3) is 0.483. The molecule has 2 aliphatic rings. The number of anilines is 3. The Bertz CT molecular complexity index is 3150. The molecule has 6 rings (SSSR count). The van der Waals surface area contributed by atoms with Gasteiger partial charge < -0.3 is 81.3 Å². The van der Waals surface area contributed by atoms with E-state index in [0.29, 0.717) is 81.5 Å².